The summed E-state index contributed by atoms with van der Waals surface area (Å²) in [6.45, 7) is 2.71. The van der Waals surface area contributed by atoms with Crippen LogP contribution in [0.5, 0.6) is 0 Å². The highest BCUT2D eigenvalue weighted by Gasteiger charge is 2.20. The van der Waals surface area contributed by atoms with Crippen molar-refractivity contribution in [2.24, 2.45) is 0 Å². The van der Waals surface area contributed by atoms with Gasteiger partial charge in [-0.15, -0.1) is 6.42 Å². The molecule has 0 aliphatic carbocycles. The van der Waals surface area contributed by atoms with Crippen molar-refractivity contribution < 1.29 is 8.63 Å². The Bertz CT molecular complexity index is 1620. The summed E-state index contributed by atoms with van der Waals surface area (Å²) >= 11 is 0. The van der Waals surface area contributed by atoms with Gasteiger partial charge in [0.15, 0.2) is 17.2 Å². The number of fused-ring (bicyclic) bond motifs is 1. The fourth-order valence-corrected chi connectivity index (χ4v) is 5.84. The predicted octanol–water partition coefficient (Wildman–Crippen LogP) is 2.34. The Labute approximate surface area is 235 Å². The van der Waals surface area contributed by atoms with Crippen LogP contribution in [-0.4, -0.2) is 86.1 Å². The second kappa shape index (κ2) is 12.0. The summed E-state index contributed by atoms with van der Waals surface area (Å²) in [5, 5.41) is 7.67. The molecule has 0 spiro atoms. The molecule has 40 heavy (non-hydrogen) atoms. The first-order chi connectivity index (χ1) is 19.3. The minimum Gasteiger partial charge on any atom is -0.445 e. The number of hydrogen-bond acceptors (Lipinski definition) is 10. The summed E-state index contributed by atoms with van der Waals surface area (Å²) in [4.78, 5) is 30.8. The lowest BCUT2D eigenvalue weighted by atomic mass is 10.2. The van der Waals surface area contributed by atoms with Gasteiger partial charge >= 0.3 is 0 Å². The normalized spacial score (nSPS) is 16.3. The van der Waals surface area contributed by atoms with Crippen molar-refractivity contribution in [2.75, 3.05) is 57.2 Å². The third-order valence-corrected chi connectivity index (χ3v) is 8.05. The van der Waals surface area contributed by atoms with Gasteiger partial charge in [0.1, 0.15) is 5.65 Å². The van der Waals surface area contributed by atoms with Crippen molar-refractivity contribution in [1.82, 2.24) is 29.3 Å². The summed E-state index contributed by atoms with van der Waals surface area (Å²) in [6, 6.07) is 9.96. The summed E-state index contributed by atoms with van der Waals surface area (Å²) in [5.74, 6) is 3.46. The largest absolute Gasteiger partial charge is 0.445 e. The molecular formula is C28H32N8O3S. The number of pyridine rings is 1. The minimum atomic E-state index is -1.40. The molecule has 0 saturated carbocycles. The number of nitrogens with one attached hydrogen (secondary N) is 2. The molecule has 4 aromatic rings. The van der Waals surface area contributed by atoms with E-state index >= 15 is 0 Å². The van der Waals surface area contributed by atoms with E-state index in [-0.39, 0.29) is 12.1 Å². The molecule has 0 radical (unpaired) electrons. The van der Waals surface area contributed by atoms with Gasteiger partial charge in [-0.3, -0.25) is 13.6 Å². The quantitative estimate of drug-likeness (QED) is 0.280. The number of nitrogens with zero attached hydrogens (tertiary/aromatic N) is 6. The van der Waals surface area contributed by atoms with Gasteiger partial charge in [0.25, 0.3) is 5.56 Å². The Morgan fingerprint density at radius 1 is 1.23 bits per heavy atom. The predicted molar refractivity (Wildman–Crippen MR) is 156 cm³/mol. The third-order valence-electron chi connectivity index (χ3n) is 6.73. The molecule has 0 amide bonds. The van der Waals surface area contributed by atoms with Crippen LogP contribution in [0.3, 0.4) is 0 Å². The SMILES string of the molecule is C#Cc1cc2cnc(Nc3ccc(NC4CCN(C)C4)cc3)nc2n(Cc2ocnc2S(=O)CCN(C)C)c1=O. The topological polar surface area (TPSA) is 121 Å². The van der Waals surface area contributed by atoms with Crippen molar-refractivity contribution >= 4 is 39.2 Å². The zero-order chi connectivity index (χ0) is 28.2. The number of anilines is 3. The number of benzene rings is 1. The smallest absolute Gasteiger partial charge is 0.268 e. The zero-order valence-electron chi connectivity index (χ0n) is 22.8. The molecule has 12 heteroatoms. The van der Waals surface area contributed by atoms with Gasteiger partial charge in [0.2, 0.25) is 5.95 Å². The van der Waals surface area contributed by atoms with E-state index in [2.05, 4.69) is 43.5 Å². The highest BCUT2D eigenvalue weighted by Crippen LogP contribution is 2.22. The van der Waals surface area contributed by atoms with E-state index in [9.17, 15) is 9.00 Å². The first-order valence-electron chi connectivity index (χ1n) is 13.0. The standard InChI is InChI=1S/C28H32N8O3S/c1-5-19-14-20-15-29-28(32-22-8-6-21(7-9-22)31-23-10-11-35(4)16-23)33-25(20)36(27(19)37)17-24-26(30-18-39-24)40(38)13-12-34(2)3/h1,6-9,14-15,18,23,31H,10-13,16-17H2,2-4H3,(H,29,32,33). The van der Waals surface area contributed by atoms with Crippen molar-refractivity contribution in [1.29, 1.82) is 0 Å². The van der Waals surface area contributed by atoms with Crippen LogP contribution in [-0.2, 0) is 17.3 Å². The fourth-order valence-electron chi connectivity index (χ4n) is 4.59. The lowest BCUT2D eigenvalue weighted by molar-refractivity contribution is 0.414. The van der Waals surface area contributed by atoms with E-state index in [1.54, 1.807) is 12.3 Å². The molecule has 3 aromatic heterocycles. The van der Waals surface area contributed by atoms with Gasteiger partial charge < -0.3 is 24.9 Å². The third kappa shape index (κ3) is 6.22. The monoisotopic (exact) mass is 560 g/mol. The van der Waals surface area contributed by atoms with Crippen molar-refractivity contribution in [3.8, 4) is 12.3 Å². The van der Waals surface area contributed by atoms with Gasteiger partial charge in [-0.05, 0) is 64.4 Å². The van der Waals surface area contributed by atoms with Crippen LogP contribution in [0.4, 0.5) is 17.3 Å². The number of rotatable bonds is 10. The molecule has 1 aliphatic rings. The molecule has 2 atom stereocenters. The number of likely N-dealkylation sites (tertiary alicyclic amines) is 1. The number of likely N-dealkylation sites (N-methyl/N-ethyl adjacent to an activating group) is 1. The van der Waals surface area contributed by atoms with Gasteiger partial charge in [-0.1, -0.05) is 5.92 Å². The summed E-state index contributed by atoms with van der Waals surface area (Å²) in [7, 11) is 4.54. The Morgan fingerprint density at radius 3 is 2.70 bits per heavy atom. The maximum atomic E-state index is 13.3. The average molecular weight is 561 g/mol. The van der Waals surface area contributed by atoms with E-state index in [0.717, 1.165) is 30.9 Å². The minimum absolute atomic E-state index is 0.0267. The molecule has 11 nitrogen and oxygen atoms in total. The fraction of sp³-hybridized carbons (Fsp3) is 0.357. The van der Waals surface area contributed by atoms with Crippen molar-refractivity contribution in [3.63, 3.8) is 0 Å². The first-order valence-corrected chi connectivity index (χ1v) is 14.3. The van der Waals surface area contributed by atoms with E-state index < -0.39 is 16.4 Å². The van der Waals surface area contributed by atoms with Gasteiger partial charge in [-0.2, -0.15) is 4.98 Å². The van der Waals surface area contributed by atoms with Gasteiger partial charge in [0.05, 0.1) is 22.9 Å². The molecule has 5 rings (SSSR count). The van der Waals surface area contributed by atoms with Crippen LogP contribution in [0.25, 0.3) is 11.0 Å². The Balaban J connectivity index is 1.41. The van der Waals surface area contributed by atoms with Crippen LogP contribution in [0.15, 0.2) is 57.2 Å². The zero-order valence-corrected chi connectivity index (χ0v) is 23.6. The van der Waals surface area contributed by atoms with Crippen LogP contribution in [0, 0.1) is 12.3 Å². The molecule has 0 bridgehead atoms. The second-order valence-corrected chi connectivity index (χ2v) is 11.6. The first kappa shape index (κ1) is 27.5. The molecule has 1 saturated heterocycles. The highest BCUT2D eigenvalue weighted by atomic mass is 32.2. The van der Waals surface area contributed by atoms with Crippen LogP contribution in [0.1, 0.15) is 17.7 Å². The molecule has 2 N–H and O–H groups in total. The maximum Gasteiger partial charge on any atom is 0.268 e. The highest BCUT2D eigenvalue weighted by molar-refractivity contribution is 7.85. The Morgan fingerprint density at radius 2 is 2.00 bits per heavy atom. The van der Waals surface area contributed by atoms with E-state index in [0.29, 0.717) is 46.1 Å². The van der Waals surface area contributed by atoms with Gasteiger partial charge in [-0.25, -0.2) is 9.97 Å². The lowest BCUT2D eigenvalue weighted by Crippen LogP contribution is -2.25. The number of hydrogen-bond donors (Lipinski definition) is 2. The molecular weight excluding hydrogens is 528 g/mol. The number of oxazole rings is 1. The number of aromatic nitrogens is 4. The molecule has 1 aliphatic heterocycles. The van der Waals surface area contributed by atoms with Gasteiger partial charge in [0, 0.05) is 47.8 Å². The molecule has 1 fully saturated rings. The summed E-state index contributed by atoms with van der Waals surface area (Å²) in [5.41, 5.74) is 1.98. The molecule has 4 heterocycles. The molecule has 208 valence electrons. The molecule has 1 aromatic carbocycles. The van der Waals surface area contributed by atoms with Crippen LogP contribution < -0.4 is 16.2 Å². The molecule has 2 unspecified atom stereocenters. The van der Waals surface area contributed by atoms with Crippen molar-refractivity contribution in [3.05, 3.63) is 64.6 Å². The van der Waals surface area contributed by atoms with Crippen LogP contribution >= 0.6 is 0 Å². The summed E-state index contributed by atoms with van der Waals surface area (Å²) < 4.78 is 19.9. The Hall–Kier alpha value is -4.05. The maximum absolute atomic E-state index is 13.3. The van der Waals surface area contributed by atoms with E-state index in [1.165, 1.54) is 11.0 Å². The van der Waals surface area contributed by atoms with Crippen molar-refractivity contribution in [2.45, 2.75) is 24.0 Å². The number of terminal acetylenes is 1. The second-order valence-electron chi connectivity index (χ2n) is 10.1. The average Bonchev–Trinajstić information content (AvgIpc) is 3.58. The Kier molecular flexibility index (Phi) is 8.25. The lowest BCUT2D eigenvalue weighted by Gasteiger charge is -2.15. The summed E-state index contributed by atoms with van der Waals surface area (Å²) in [6.07, 6.45) is 9.59. The van der Waals surface area contributed by atoms with E-state index in [4.69, 9.17) is 10.8 Å². The van der Waals surface area contributed by atoms with E-state index in [1.807, 2.05) is 43.3 Å². The van der Waals surface area contributed by atoms with Crippen LogP contribution in [0.2, 0.25) is 0 Å².